The largest absolute Gasteiger partial charge is 0.321 e. The van der Waals surface area contributed by atoms with Crippen molar-refractivity contribution in [2.75, 3.05) is 5.32 Å². The summed E-state index contributed by atoms with van der Waals surface area (Å²) in [5.41, 5.74) is 2.17. The van der Waals surface area contributed by atoms with Crippen LogP contribution in [0.5, 0.6) is 0 Å². The van der Waals surface area contributed by atoms with E-state index < -0.39 is 0 Å². The number of imidazole rings is 1. The van der Waals surface area contributed by atoms with Crippen molar-refractivity contribution < 1.29 is 9.59 Å². The third-order valence-electron chi connectivity index (χ3n) is 3.12. The van der Waals surface area contributed by atoms with E-state index in [0.717, 1.165) is 0 Å². The minimum absolute atomic E-state index is 0.0428. The average molecular weight is 279 g/mol. The highest BCUT2D eigenvalue weighted by molar-refractivity contribution is 6.04. The van der Waals surface area contributed by atoms with Crippen LogP contribution in [0.15, 0.2) is 54.9 Å². The number of aromatic nitrogens is 2. The molecule has 5 nitrogen and oxygen atoms in total. The first kappa shape index (κ1) is 13.1. The molecule has 0 atom stereocenters. The van der Waals surface area contributed by atoms with Crippen LogP contribution in [0, 0.1) is 0 Å². The zero-order valence-corrected chi connectivity index (χ0v) is 11.4. The van der Waals surface area contributed by atoms with E-state index in [1.807, 2.05) is 24.4 Å². The van der Waals surface area contributed by atoms with Crippen LogP contribution in [0.2, 0.25) is 0 Å². The molecular weight excluding hydrogens is 266 g/mol. The molecule has 3 rings (SSSR count). The fourth-order valence-corrected chi connectivity index (χ4v) is 2.06. The molecule has 0 fully saturated rings. The number of amides is 1. The van der Waals surface area contributed by atoms with Gasteiger partial charge >= 0.3 is 0 Å². The number of carbonyl (C=O) groups excluding carboxylic acids is 2. The van der Waals surface area contributed by atoms with E-state index in [2.05, 4.69) is 10.3 Å². The molecule has 0 spiro atoms. The van der Waals surface area contributed by atoms with Gasteiger partial charge in [-0.05, 0) is 31.2 Å². The molecular formula is C16H13N3O2. The maximum atomic E-state index is 12.2. The van der Waals surface area contributed by atoms with E-state index in [-0.39, 0.29) is 11.7 Å². The number of ketones is 1. The summed E-state index contributed by atoms with van der Waals surface area (Å²) in [6.45, 7) is 1.49. The number of rotatable bonds is 3. The summed E-state index contributed by atoms with van der Waals surface area (Å²) in [5, 5.41) is 2.75. The lowest BCUT2D eigenvalue weighted by atomic mass is 10.1. The fraction of sp³-hybridized carbons (Fsp3) is 0.0625. The molecule has 2 aromatic heterocycles. The van der Waals surface area contributed by atoms with E-state index in [1.54, 1.807) is 34.9 Å². The van der Waals surface area contributed by atoms with Gasteiger partial charge in [0.2, 0.25) is 0 Å². The molecule has 0 aliphatic rings. The second-order valence-corrected chi connectivity index (χ2v) is 4.68. The molecule has 1 N–H and O–H groups in total. The first-order valence-electron chi connectivity index (χ1n) is 6.49. The van der Waals surface area contributed by atoms with Crippen molar-refractivity contribution >= 4 is 23.0 Å². The number of nitrogens with zero attached hydrogens (tertiary/aromatic N) is 2. The molecule has 0 saturated heterocycles. The summed E-state index contributed by atoms with van der Waals surface area (Å²) < 4.78 is 1.78. The molecule has 0 radical (unpaired) electrons. The maximum Gasteiger partial charge on any atom is 0.275 e. The zero-order chi connectivity index (χ0) is 14.8. The van der Waals surface area contributed by atoms with Crippen molar-refractivity contribution in [2.45, 2.75) is 6.92 Å². The highest BCUT2D eigenvalue weighted by Crippen LogP contribution is 2.13. The van der Waals surface area contributed by atoms with Gasteiger partial charge in [-0.3, -0.25) is 9.59 Å². The Labute approximate surface area is 121 Å². The summed E-state index contributed by atoms with van der Waals surface area (Å²) in [5.74, 6) is -0.349. The number of pyridine rings is 1. The monoisotopic (exact) mass is 279 g/mol. The van der Waals surface area contributed by atoms with Crippen LogP contribution in [0.25, 0.3) is 5.65 Å². The number of Topliss-reactive ketones (excluding diaryl/α,β-unsaturated/α-hetero) is 1. The molecule has 1 aromatic carbocycles. The van der Waals surface area contributed by atoms with E-state index in [0.29, 0.717) is 22.6 Å². The van der Waals surface area contributed by atoms with Gasteiger partial charge < -0.3 is 9.72 Å². The van der Waals surface area contributed by atoms with Gasteiger partial charge in [0.1, 0.15) is 11.3 Å². The van der Waals surface area contributed by atoms with Crippen LogP contribution in [0.3, 0.4) is 0 Å². The van der Waals surface area contributed by atoms with Gasteiger partial charge in [0.25, 0.3) is 5.91 Å². The highest BCUT2D eigenvalue weighted by Gasteiger charge is 2.11. The molecule has 1 amide bonds. The SMILES string of the molecule is CC(=O)c1cccc(NC(=O)c2cn3ccccc3n2)c1. The quantitative estimate of drug-likeness (QED) is 0.750. The van der Waals surface area contributed by atoms with Gasteiger partial charge in [0.05, 0.1) is 0 Å². The van der Waals surface area contributed by atoms with Crippen LogP contribution in [0.1, 0.15) is 27.8 Å². The van der Waals surface area contributed by atoms with Crippen LogP contribution >= 0.6 is 0 Å². The predicted molar refractivity (Wildman–Crippen MR) is 79.6 cm³/mol. The Kier molecular flexibility index (Phi) is 3.23. The molecule has 0 unspecified atom stereocenters. The number of anilines is 1. The molecule has 0 aliphatic carbocycles. The molecule has 0 saturated carbocycles. The van der Waals surface area contributed by atoms with E-state index in [4.69, 9.17) is 0 Å². The topological polar surface area (TPSA) is 63.5 Å². The van der Waals surface area contributed by atoms with Crippen molar-refractivity contribution in [3.05, 3.63) is 66.1 Å². The third-order valence-corrected chi connectivity index (χ3v) is 3.12. The van der Waals surface area contributed by atoms with Gasteiger partial charge in [-0.2, -0.15) is 0 Å². The Hall–Kier alpha value is -2.95. The number of fused-ring (bicyclic) bond motifs is 1. The van der Waals surface area contributed by atoms with E-state index in [1.165, 1.54) is 6.92 Å². The summed E-state index contributed by atoms with van der Waals surface area (Å²) in [6.07, 6.45) is 3.50. The molecule has 3 aromatic rings. The first-order chi connectivity index (χ1) is 10.1. The van der Waals surface area contributed by atoms with Crippen molar-refractivity contribution in [1.29, 1.82) is 0 Å². The van der Waals surface area contributed by atoms with Crippen molar-refractivity contribution in [1.82, 2.24) is 9.38 Å². The number of hydrogen-bond acceptors (Lipinski definition) is 3. The van der Waals surface area contributed by atoms with Gasteiger partial charge in [-0.15, -0.1) is 0 Å². The molecule has 0 bridgehead atoms. The number of carbonyl (C=O) groups is 2. The molecule has 2 heterocycles. The predicted octanol–water partition coefficient (Wildman–Crippen LogP) is 2.79. The van der Waals surface area contributed by atoms with Crippen LogP contribution in [-0.4, -0.2) is 21.1 Å². The van der Waals surface area contributed by atoms with Crippen LogP contribution in [-0.2, 0) is 0 Å². The van der Waals surface area contributed by atoms with E-state index in [9.17, 15) is 9.59 Å². The number of hydrogen-bond donors (Lipinski definition) is 1. The molecule has 21 heavy (non-hydrogen) atoms. The number of nitrogens with one attached hydrogen (secondary N) is 1. The van der Waals surface area contributed by atoms with Crippen molar-refractivity contribution in [2.24, 2.45) is 0 Å². The van der Waals surface area contributed by atoms with Gasteiger partial charge in [-0.25, -0.2) is 4.98 Å². The summed E-state index contributed by atoms with van der Waals surface area (Å²) in [6, 6.07) is 12.4. The summed E-state index contributed by atoms with van der Waals surface area (Å²) in [7, 11) is 0. The Bertz CT molecular complexity index is 803. The van der Waals surface area contributed by atoms with Crippen LogP contribution < -0.4 is 5.32 Å². The van der Waals surface area contributed by atoms with Crippen molar-refractivity contribution in [3.63, 3.8) is 0 Å². The number of benzene rings is 1. The Balaban J connectivity index is 1.85. The molecule has 104 valence electrons. The van der Waals surface area contributed by atoms with Crippen molar-refractivity contribution in [3.8, 4) is 0 Å². The molecule has 5 heteroatoms. The van der Waals surface area contributed by atoms with E-state index >= 15 is 0 Å². The van der Waals surface area contributed by atoms with Gasteiger partial charge in [-0.1, -0.05) is 18.2 Å². The Morgan fingerprint density at radius 1 is 1.14 bits per heavy atom. The Morgan fingerprint density at radius 3 is 2.76 bits per heavy atom. The smallest absolute Gasteiger partial charge is 0.275 e. The highest BCUT2D eigenvalue weighted by atomic mass is 16.2. The maximum absolute atomic E-state index is 12.2. The average Bonchev–Trinajstić information content (AvgIpc) is 2.91. The van der Waals surface area contributed by atoms with Crippen LogP contribution in [0.4, 0.5) is 5.69 Å². The minimum atomic E-state index is -0.306. The normalized spacial score (nSPS) is 10.5. The molecule has 0 aliphatic heterocycles. The third kappa shape index (κ3) is 2.67. The van der Waals surface area contributed by atoms with Gasteiger partial charge in [0.15, 0.2) is 5.78 Å². The lowest BCUT2D eigenvalue weighted by Crippen LogP contribution is -2.12. The second-order valence-electron chi connectivity index (χ2n) is 4.68. The zero-order valence-electron chi connectivity index (χ0n) is 11.4. The minimum Gasteiger partial charge on any atom is -0.321 e. The summed E-state index contributed by atoms with van der Waals surface area (Å²) in [4.78, 5) is 27.8. The fourth-order valence-electron chi connectivity index (χ4n) is 2.06. The standard InChI is InChI=1S/C16H13N3O2/c1-11(20)12-5-4-6-13(9-12)17-16(21)14-10-19-8-3-2-7-15(19)18-14/h2-10H,1H3,(H,17,21). The van der Waals surface area contributed by atoms with Gasteiger partial charge in [0, 0.05) is 23.6 Å². The summed E-state index contributed by atoms with van der Waals surface area (Å²) >= 11 is 0. The lowest BCUT2D eigenvalue weighted by molar-refractivity contribution is 0.100. The first-order valence-corrected chi connectivity index (χ1v) is 6.49. The lowest BCUT2D eigenvalue weighted by Gasteiger charge is -2.04. The Morgan fingerprint density at radius 2 is 2.00 bits per heavy atom. The second kappa shape index (κ2) is 5.20.